The van der Waals surface area contributed by atoms with E-state index in [2.05, 4.69) is 0 Å². The minimum atomic E-state index is -1.79. The van der Waals surface area contributed by atoms with Crippen LogP contribution in [-0.4, -0.2) is 67.3 Å². The van der Waals surface area contributed by atoms with Crippen molar-refractivity contribution in [1.29, 1.82) is 0 Å². The lowest BCUT2D eigenvalue weighted by molar-refractivity contribution is -0.271. The van der Waals surface area contributed by atoms with E-state index in [1.807, 2.05) is 0 Å². The predicted molar refractivity (Wildman–Crippen MR) is 100 cm³/mol. The number of aliphatic carboxylic acids is 1. The molecule has 154 valence electrons. The average Bonchev–Trinajstić information content (AvgIpc) is 2.67. The predicted octanol–water partition coefficient (Wildman–Crippen LogP) is 0.539. The highest BCUT2D eigenvalue weighted by molar-refractivity contribution is 5.73. The molecule has 0 aliphatic carbocycles. The van der Waals surface area contributed by atoms with Crippen molar-refractivity contribution in [3.05, 3.63) is 53.6 Å². The third-order valence-electron chi connectivity index (χ3n) is 4.34. The first-order valence-electron chi connectivity index (χ1n) is 8.65. The van der Waals surface area contributed by atoms with Gasteiger partial charge in [-0.15, -0.1) is 0 Å². The zero-order valence-corrected chi connectivity index (χ0v) is 15.0. The van der Waals surface area contributed by atoms with Gasteiger partial charge in [0.1, 0.15) is 35.6 Å². The Balaban J connectivity index is 1.68. The minimum Gasteiger partial charge on any atom is -0.508 e. The molecule has 0 spiro atoms. The van der Waals surface area contributed by atoms with Crippen molar-refractivity contribution < 1.29 is 44.9 Å². The highest BCUT2D eigenvalue weighted by Crippen LogP contribution is 2.26. The van der Waals surface area contributed by atoms with Crippen molar-refractivity contribution in [3.8, 4) is 17.2 Å². The third kappa shape index (κ3) is 4.84. The molecule has 0 unspecified atom stereocenters. The van der Waals surface area contributed by atoms with Gasteiger partial charge in [0, 0.05) is 6.07 Å². The summed E-state index contributed by atoms with van der Waals surface area (Å²) in [4.78, 5) is 11.1. The van der Waals surface area contributed by atoms with Crippen molar-refractivity contribution in [2.24, 2.45) is 0 Å². The maximum absolute atomic E-state index is 11.1. The van der Waals surface area contributed by atoms with Crippen molar-refractivity contribution >= 4 is 18.1 Å². The molecule has 2 aromatic carbocycles. The summed E-state index contributed by atoms with van der Waals surface area (Å²) in [7, 11) is 0. The second kappa shape index (κ2) is 8.50. The summed E-state index contributed by atoms with van der Waals surface area (Å²) in [6.07, 6.45) is -4.98. The molecule has 2 aromatic rings. The Morgan fingerprint density at radius 3 is 2.03 bits per heavy atom. The maximum Gasteiger partial charge on any atom is 0.335 e. The molecule has 6 N–H and O–H groups in total. The van der Waals surface area contributed by atoms with Crippen LogP contribution >= 0.6 is 0 Å². The van der Waals surface area contributed by atoms with Crippen LogP contribution < -0.4 is 4.74 Å². The van der Waals surface area contributed by atoms with Crippen LogP contribution in [0.1, 0.15) is 11.1 Å². The van der Waals surface area contributed by atoms with Gasteiger partial charge in [0.05, 0.1) is 0 Å². The van der Waals surface area contributed by atoms with Crippen molar-refractivity contribution in [1.82, 2.24) is 0 Å². The SMILES string of the molecule is O=C(O)[C@H]1O[C@@H](Oc2ccc(/C=C/c3cc(O)cc(O)c3)cc2)[C@H](O)[C@@H](O)[C@@H]1O. The van der Waals surface area contributed by atoms with E-state index in [9.17, 15) is 30.3 Å². The molecule has 0 saturated carbocycles. The van der Waals surface area contributed by atoms with E-state index in [1.165, 1.54) is 18.2 Å². The Bertz CT molecular complexity index is 873. The van der Waals surface area contributed by atoms with Gasteiger partial charge in [-0.3, -0.25) is 0 Å². The lowest BCUT2D eigenvalue weighted by atomic mass is 9.99. The first-order valence-corrected chi connectivity index (χ1v) is 8.65. The van der Waals surface area contributed by atoms with E-state index in [0.717, 1.165) is 5.56 Å². The van der Waals surface area contributed by atoms with Gasteiger partial charge >= 0.3 is 5.97 Å². The number of phenolic OH excluding ortho intramolecular Hbond substituents is 2. The van der Waals surface area contributed by atoms with E-state index in [-0.39, 0.29) is 17.2 Å². The normalized spacial score (nSPS) is 27.1. The van der Waals surface area contributed by atoms with E-state index in [1.54, 1.807) is 36.4 Å². The molecule has 1 saturated heterocycles. The van der Waals surface area contributed by atoms with Gasteiger partial charge in [0.2, 0.25) is 6.29 Å². The summed E-state index contributed by atoms with van der Waals surface area (Å²) in [6.45, 7) is 0. The Hall–Kier alpha value is -3.11. The highest BCUT2D eigenvalue weighted by Gasteiger charge is 2.48. The number of aromatic hydroxyl groups is 2. The quantitative estimate of drug-likeness (QED) is 0.391. The van der Waals surface area contributed by atoms with Crippen LogP contribution in [0.2, 0.25) is 0 Å². The van der Waals surface area contributed by atoms with E-state index < -0.39 is 36.7 Å². The maximum atomic E-state index is 11.1. The van der Waals surface area contributed by atoms with Crippen LogP contribution in [0, 0.1) is 0 Å². The number of carbonyl (C=O) groups is 1. The lowest BCUT2D eigenvalue weighted by Gasteiger charge is -2.38. The van der Waals surface area contributed by atoms with Crippen LogP contribution in [0.15, 0.2) is 42.5 Å². The number of aliphatic hydroxyl groups is 3. The van der Waals surface area contributed by atoms with E-state index in [4.69, 9.17) is 14.6 Å². The van der Waals surface area contributed by atoms with Gasteiger partial charge in [-0.25, -0.2) is 4.79 Å². The summed E-state index contributed by atoms with van der Waals surface area (Å²) in [6, 6.07) is 10.6. The average molecular weight is 404 g/mol. The number of benzene rings is 2. The van der Waals surface area contributed by atoms with Crippen LogP contribution in [0.4, 0.5) is 0 Å². The second-order valence-corrected chi connectivity index (χ2v) is 6.54. The first kappa shape index (κ1) is 20.6. The molecule has 0 amide bonds. The van der Waals surface area contributed by atoms with Gasteiger partial charge in [0.15, 0.2) is 6.10 Å². The minimum absolute atomic E-state index is 0.0635. The molecule has 9 heteroatoms. The third-order valence-corrected chi connectivity index (χ3v) is 4.34. The fraction of sp³-hybridized carbons (Fsp3) is 0.250. The van der Waals surface area contributed by atoms with Gasteiger partial charge in [0.25, 0.3) is 0 Å². The van der Waals surface area contributed by atoms with Gasteiger partial charge < -0.3 is 40.1 Å². The van der Waals surface area contributed by atoms with Crippen molar-refractivity contribution in [2.45, 2.75) is 30.7 Å². The van der Waals surface area contributed by atoms with Crippen LogP contribution in [0.25, 0.3) is 12.2 Å². The van der Waals surface area contributed by atoms with E-state index >= 15 is 0 Å². The Labute approximate surface area is 165 Å². The Morgan fingerprint density at radius 1 is 0.862 bits per heavy atom. The largest absolute Gasteiger partial charge is 0.508 e. The molecule has 0 bridgehead atoms. The number of phenols is 2. The molecule has 5 atom stereocenters. The summed E-state index contributed by atoms with van der Waals surface area (Å²) in [5, 5.41) is 57.5. The molecule has 3 rings (SSSR count). The summed E-state index contributed by atoms with van der Waals surface area (Å²) < 4.78 is 10.5. The lowest BCUT2D eigenvalue weighted by Crippen LogP contribution is -2.61. The van der Waals surface area contributed by atoms with Gasteiger partial charge in [-0.1, -0.05) is 24.3 Å². The summed E-state index contributed by atoms with van der Waals surface area (Å²) >= 11 is 0. The first-order chi connectivity index (χ1) is 13.7. The number of carboxylic acid groups (broad SMARTS) is 1. The number of hydrogen-bond acceptors (Lipinski definition) is 8. The molecule has 1 fully saturated rings. The number of carboxylic acids is 1. The summed E-state index contributed by atoms with van der Waals surface area (Å²) in [5.41, 5.74) is 1.35. The molecular formula is C20H20O9. The molecule has 0 radical (unpaired) electrons. The van der Waals surface area contributed by atoms with Crippen molar-refractivity contribution in [2.75, 3.05) is 0 Å². The number of ether oxygens (including phenoxy) is 2. The zero-order valence-electron chi connectivity index (χ0n) is 15.0. The molecular weight excluding hydrogens is 384 g/mol. The molecule has 0 aromatic heterocycles. The number of aliphatic hydroxyl groups excluding tert-OH is 3. The van der Waals surface area contributed by atoms with Crippen LogP contribution in [-0.2, 0) is 9.53 Å². The smallest absolute Gasteiger partial charge is 0.335 e. The summed E-state index contributed by atoms with van der Waals surface area (Å²) in [5.74, 6) is -1.37. The monoisotopic (exact) mass is 404 g/mol. The molecule has 1 heterocycles. The zero-order chi connectivity index (χ0) is 21.1. The standard InChI is InChI=1S/C20H20O9/c21-12-7-11(8-13(22)9-12)2-1-10-3-5-14(6-4-10)28-20-17(25)15(23)16(24)18(29-20)19(26)27/h1-9,15-18,20-25H,(H,26,27)/b2-1+/t15-,16-,17+,18-,20+/m0/s1. The van der Waals surface area contributed by atoms with E-state index in [0.29, 0.717) is 5.56 Å². The molecule has 1 aliphatic heterocycles. The van der Waals surface area contributed by atoms with Crippen LogP contribution in [0.5, 0.6) is 17.2 Å². The Kier molecular flexibility index (Phi) is 6.04. The fourth-order valence-electron chi connectivity index (χ4n) is 2.85. The molecule has 9 nitrogen and oxygen atoms in total. The topological polar surface area (TPSA) is 157 Å². The molecule has 1 aliphatic rings. The van der Waals surface area contributed by atoms with Gasteiger partial charge in [-0.05, 0) is 35.4 Å². The van der Waals surface area contributed by atoms with Crippen molar-refractivity contribution in [3.63, 3.8) is 0 Å². The Morgan fingerprint density at radius 2 is 1.45 bits per heavy atom. The van der Waals surface area contributed by atoms with Crippen LogP contribution in [0.3, 0.4) is 0 Å². The second-order valence-electron chi connectivity index (χ2n) is 6.54. The molecule has 29 heavy (non-hydrogen) atoms. The fourth-order valence-corrected chi connectivity index (χ4v) is 2.85. The number of rotatable bonds is 5. The number of hydrogen-bond donors (Lipinski definition) is 6. The highest BCUT2D eigenvalue weighted by atomic mass is 16.7. The van der Waals surface area contributed by atoms with Gasteiger partial charge in [-0.2, -0.15) is 0 Å².